The van der Waals surface area contributed by atoms with Gasteiger partial charge in [-0.15, -0.1) is 0 Å². The molecule has 1 unspecified atom stereocenters. The zero-order valence-electron chi connectivity index (χ0n) is 9.86. The third kappa shape index (κ3) is 3.80. The number of ether oxygens (including phenoxy) is 2. The Hall–Kier alpha value is -0.610. The molecular weight excluding hydrogens is 194 g/mol. The molecule has 4 nitrogen and oxygen atoms in total. The highest BCUT2D eigenvalue weighted by Gasteiger charge is 2.23. The van der Waals surface area contributed by atoms with Crippen molar-refractivity contribution in [3.05, 3.63) is 0 Å². The minimum Gasteiger partial charge on any atom is -0.469 e. The lowest BCUT2D eigenvalue weighted by molar-refractivity contribution is -0.142. The first-order valence-electron chi connectivity index (χ1n) is 5.51. The van der Waals surface area contributed by atoms with E-state index < -0.39 is 0 Å². The van der Waals surface area contributed by atoms with E-state index in [1.54, 1.807) is 0 Å². The molecule has 1 rings (SSSR count). The molecule has 0 radical (unpaired) electrons. The van der Waals surface area contributed by atoms with Gasteiger partial charge in [0.15, 0.2) is 0 Å². The summed E-state index contributed by atoms with van der Waals surface area (Å²) in [6, 6.07) is 0.777. The van der Waals surface area contributed by atoms with Gasteiger partial charge in [-0.2, -0.15) is 0 Å². The van der Waals surface area contributed by atoms with Crippen LogP contribution in [0.4, 0.5) is 0 Å². The average Bonchev–Trinajstić information content (AvgIpc) is 2.29. The highest BCUT2D eigenvalue weighted by atomic mass is 16.5. The maximum atomic E-state index is 11.1. The van der Waals surface area contributed by atoms with E-state index in [4.69, 9.17) is 4.74 Å². The Balaban J connectivity index is 2.36. The predicted molar refractivity (Wildman–Crippen MR) is 57.7 cm³/mol. The summed E-state index contributed by atoms with van der Waals surface area (Å²) in [7, 11) is 3.51. The summed E-state index contributed by atoms with van der Waals surface area (Å²) in [5, 5.41) is 0. The van der Waals surface area contributed by atoms with Gasteiger partial charge in [-0.05, 0) is 26.8 Å². The number of hydrogen-bond donors (Lipinski definition) is 0. The van der Waals surface area contributed by atoms with E-state index in [-0.39, 0.29) is 12.0 Å². The molecular formula is C11H21NO3. The number of esters is 1. The van der Waals surface area contributed by atoms with Crippen LogP contribution in [0.1, 0.15) is 26.2 Å². The summed E-state index contributed by atoms with van der Waals surface area (Å²) in [5.41, 5.74) is 0. The van der Waals surface area contributed by atoms with Crippen molar-refractivity contribution in [2.75, 3.05) is 27.4 Å². The van der Waals surface area contributed by atoms with Crippen molar-refractivity contribution < 1.29 is 14.3 Å². The van der Waals surface area contributed by atoms with Gasteiger partial charge in [0.1, 0.15) is 0 Å². The van der Waals surface area contributed by atoms with E-state index in [9.17, 15) is 4.79 Å². The molecule has 1 aliphatic heterocycles. The van der Waals surface area contributed by atoms with Crippen molar-refractivity contribution in [2.24, 2.45) is 0 Å². The smallest absolute Gasteiger partial charge is 0.307 e. The Kier molecular flexibility index (Phi) is 5.05. The Morgan fingerprint density at radius 1 is 1.53 bits per heavy atom. The van der Waals surface area contributed by atoms with Crippen LogP contribution in [0.15, 0.2) is 0 Å². The molecule has 0 N–H and O–H groups in total. The predicted octanol–water partition coefficient (Wildman–Crippen LogP) is 1.05. The molecule has 1 atom stereocenters. The number of nitrogens with zero attached hydrogens (tertiary/aromatic N) is 1. The maximum Gasteiger partial charge on any atom is 0.307 e. The summed E-state index contributed by atoms with van der Waals surface area (Å²) in [6.45, 7) is 3.73. The van der Waals surface area contributed by atoms with Crippen molar-refractivity contribution >= 4 is 5.97 Å². The summed E-state index contributed by atoms with van der Waals surface area (Å²) in [4.78, 5) is 13.4. The SMILES string of the molecule is COC(=O)CC(C)N(C)C1CCOCC1. The molecule has 0 aromatic rings. The van der Waals surface area contributed by atoms with E-state index >= 15 is 0 Å². The molecule has 1 saturated heterocycles. The fraction of sp³-hybridized carbons (Fsp3) is 0.909. The Labute approximate surface area is 91.5 Å². The van der Waals surface area contributed by atoms with E-state index in [0.29, 0.717) is 12.5 Å². The van der Waals surface area contributed by atoms with Crippen molar-refractivity contribution in [1.29, 1.82) is 0 Å². The van der Waals surface area contributed by atoms with Gasteiger partial charge < -0.3 is 9.47 Å². The zero-order chi connectivity index (χ0) is 11.3. The number of methoxy groups -OCH3 is 1. The van der Waals surface area contributed by atoms with Gasteiger partial charge in [0, 0.05) is 25.3 Å². The summed E-state index contributed by atoms with van der Waals surface area (Å²) < 4.78 is 9.98. The number of carbonyl (C=O) groups is 1. The first-order valence-corrected chi connectivity index (χ1v) is 5.51. The Bertz CT molecular complexity index is 202. The zero-order valence-corrected chi connectivity index (χ0v) is 9.86. The van der Waals surface area contributed by atoms with Crippen LogP contribution < -0.4 is 0 Å². The molecule has 4 heteroatoms. The van der Waals surface area contributed by atoms with Crippen LogP contribution in [-0.4, -0.2) is 50.3 Å². The summed E-state index contributed by atoms with van der Waals surface area (Å²) >= 11 is 0. The fourth-order valence-electron chi connectivity index (χ4n) is 1.92. The van der Waals surface area contributed by atoms with Gasteiger partial charge >= 0.3 is 5.97 Å². The Morgan fingerprint density at radius 3 is 2.67 bits per heavy atom. The highest BCUT2D eigenvalue weighted by Crippen LogP contribution is 2.16. The average molecular weight is 215 g/mol. The first kappa shape index (κ1) is 12.5. The van der Waals surface area contributed by atoms with E-state index in [1.165, 1.54) is 7.11 Å². The lowest BCUT2D eigenvalue weighted by Crippen LogP contribution is -2.42. The summed E-state index contributed by atoms with van der Waals surface area (Å²) in [6.07, 6.45) is 2.58. The second kappa shape index (κ2) is 6.08. The van der Waals surface area contributed by atoms with Crippen LogP contribution in [0.3, 0.4) is 0 Å². The molecule has 0 aliphatic carbocycles. The molecule has 1 heterocycles. The Morgan fingerprint density at radius 2 is 2.13 bits per heavy atom. The molecule has 88 valence electrons. The molecule has 1 fully saturated rings. The van der Waals surface area contributed by atoms with Gasteiger partial charge in [-0.25, -0.2) is 0 Å². The third-order valence-electron chi connectivity index (χ3n) is 3.15. The number of hydrogen-bond acceptors (Lipinski definition) is 4. The van der Waals surface area contributed by atoms with Crippen LogP contribution in [-0.2, 0) is 14.3 Å². The van der Waals surface area contributed by atoms with Gasteiger partial charge in [-0.3, -0.25) is 9.69 Å². The lowest BCUT2D eigenvalue weighted by atomic mass is 10.0. The first-order chi connectivity index (χ1) is 7.15. The second-order valence-electron chi connectivity index (χ2n) is 4.14. The molecule has 15 heavy (non-hydrogen) atoms. The minimum atomic E-state index is -0.138. The number of rotatable bonds is 4. The monoisotopic (exact) mass is 215 g/mol. The normalized spacial score (nSPS) is 20.3. The third-order valence-corrected chi connectivity index (χ3v) is 3.15. The van der Waals surface area contributed by atoms with Gasteiger partial charge in [-0.1, -0.05) is 0 Å². The molecule has 0 bridgehead atoms. The van der Waals surface area contributed by atoms with Crippen LogP contribution in [0.5, 0.6) is 0 Å². The topological polar surface area (TPSA) is 38.8 Å². The highest BCUT2D eigenvalue weighted by molar-refractivity contribution is 5.69. The van der Waals surface area contributed by atoms with Crippen molar-refractivity contribution in [3.8, 4) is 0 Å². The van der Waals surface area contributed by atoms with Crippen LogP contribution in [0, 0.1) is 0 Å². The van der Waals surface area contributed by atoms with Gasteiger partial charge in [0.25, 0.3) is 0 Å². The van der Waals surface area contributed by atoms with Gasteiger partial charge in [0.05, 0.1) is 13.5 Å². The van der Waals surface area contributed by atoms with Crippen molar-refractivity contribution in [1.82, 2.24) is 4.90 Å². The number of carbonyl (C=O) groups excluding carboxylic acids is 1. The largest absolute Gasteiger partial charge is 0.469 e. The molecule has 0 aromatic heterocycles. The van der Waals surface area contributed by atoms with Crippen LogP contribution >= 0.6 is 0 Å². The lowest BCUT2D eigenvalue weighted by Gasteiger charge is -2.35. The summed E-state index contributed by atoms with van der Waals surface area (Å²) in [5.74, 6) is -0.138. The van der Waals surface area contributed by atoms with Crippen molar-refractivity contribution in [3.63, 3.8) is 0 Å². The maximum absolute atomic E-state index is 11.1. The van der Waals surface area contributed by atoms with Crippen LogP contribution in [0.2, 0.25) is 0 Å². The molecule has 0 saturated carbocycles. The van der Waals surface area contributed by atoms with Crippen molar-refractivity contribution in [2.45, 2.75) is 38.3 Å². The molecule has 0 aromatic carbocycles. The van der Waals surface area contributed by atoms with E-state index in [0.717, 1.165) is 26.1 Å². The second-order valence-corrected chi connectivity index (χ2v) is 4.14. The van der Waals surface area contributed by atoms with E-state index in [1.807, 2.05) is 0 Å². The fourth-order valence-corrected chi connectivity index (χ4v) is 1.92. The minimum absolute atomic E-state index is 0.138. The van der Waals surface area contributed by atoms with Gasteiger partial charge in [0.2, 0.25) is 0 Å². The standard InChI is InChI=1S/C11H21NO3/c1-9(8-11(13)14-3)12(2)10-4-6-15-7-5-10/h9-10H,4-8H2,1-3H3. The van der Waals surface area contributed by atoms with E-state index in [2.05, 4.69) is 23.6 Å². The van der Waals surface area contributed by atoms with Crippen LogP contribution in [0.25, 0.3) is 0 Å². The molecule has 0 amide bonds. The quantitative estimate of drug-likeness (QED) is 0.657. The molecule has 0 spiro atoms. The molecule has 1 aliphatic rings.